The topological polar surface area (TPSA) is 51.2 Å². The first kappa shape index (κ1) is 19.4. The van der Waals surface area contributed by atoms with E-state index in [1.807, 2.05) is 60.0 Å². The minimum absolute atomic E-state index is 0.0804. The van der Waals surface area contributed by atoms with Gasteiger partial charge in [-0.25, -0.2) is 4.98 Å². The lowest BCUT2D eigenvalue weighted by Gasteiger charge is -2.08. The van der Waals surface area contributed by atoms with Crippen molar-refractivity contribution < 1.29 is 9.53 Å². The van der Waals surface area contributed by atoms with Crippen molar-refractivity contribution in [1.29, 1.82) is 0 Å². The molecule has 0 unspecified atom stereocenters. The van der Waals surface area contributed by atoms with Crippen LogP contribution in [0, 0.1) is 0 Å². The first-order chi connectivity index (χ1) is 14.2. The van der Waals surface area contributed by atoms with Crippen LogP contribution in [0.25, 0.3) is 21.3 Å². The van der Waals surface area contributed by atoms with Gasteiger partial charge in [-0.3, -0.25) is 4.79 Å². The average Bonchev–Trinajstić information content (AvgIpc) is 3.19. The maximum atomic E-state index is 12.2. The van der Waals surface area contributed by atoms with Gasteiger partial charge >= 0.3 is 0 Å². The van der Waals surface area contributed by atoms with Gasteiger partial charge < -0.3 is 10.1 Å². The third-order valence-corrected chi connectivity index (χ3v) is 5.67. The number of fused-ring (bicyclic) bond motifs is 1. The minimum Gasteiger partial charge on any atom is -0.492 e. The summed E-state index contributed by atoms with van der Waals surface area (Å²) in [6.45, 7) is 0.846. The molecule has 0 saturated carbocycles. The fraction of sp³-hybridized carbons (Fsp3) is 0.130. The fourth-order valence-corrected chi connectivity index (χ4v) is 4.13. The standard InChI is InChI=1S/C23H19ClN2O2S/c24-21-8-4-3-7-20(21)23-26-18(15-29-23)14-22(27)25-11-12-28-19-10-9-16-5-1-2-6-17(16)13-19/h1-10,13,15H,11-12,14H2,(H,25,27). The Morgan fingerprint density at radius 3 is 2.69 bits per heavy atom. The van der Waals surface area contributed by atoms with Crippen LogP contribution in [0.15, 0.2) is 72.1 Å². The predicted octanol–water partition coefficient (Wildman–Crippen LogP) is 5.35. The molecule has 1 heterocycles. The number of amides is 1. The molecule has 4 nitrogen and oxygen atoms in total. The monoisotopic (exact) mass is 422 g/mol. The minimum atomic E-state index is -0.0804. The summed E-state index contributed by atoms with van der Waals surface area (Å²) >= 11 is 7.70. The van der Waals surface area contributed by atoms with Crippen LogP contribution in [0.1, 0.15) is 5.69 Å². The molecule has 0 spiro atoms. The third kappa shape index (κ3) is 4.94. The number of rotatable bonds is 7. The van der Waals surface area contributed by atoms with Gasteiger partial charge in [-0.15, -0.1) is 11.3 Å². The molecule has 6 heteroatoms. The number of aromatic nitrogens is 1. The lowest BCUT2D eigenvalue weighted by molar-refractivity contribution is -0.120. The average molecular weight is 423 g/mol. The van der Waals surface area contributed by atoms with Crippen LogP contribution in [-0.4, -0.2) is 24.0 Å². The number of hydrogen-bond acceptors (Lipinski definition) is 4. The molecule has 4 rings (SSSR count). The molecule has 1 aromatic heterocycles. The molecule has 0 aliphatic rings. The normalized spacial score (nSPS) is 10.8. The van der Waals surface area contributed by atoms with Gasteiger partial charge in [0.05, 0.1) is 23.7 Å². The molecule has 0 bridgehead atoms. The molecule has 1 amide bonds. The van der Waals surface area contributed by atoms with Gasteiger partial charge in [-0.1, -0.05) is 60.1 Å². The maximum absolute atomic E-state index is 12.2. The Morgan fingerprint density at radius 1 is 1.03 bits per heavy atom. The van der Waals surface area contributed by atoms with Gasteiger partial charge in [-0.2, -0.15) is 0 Å². The number of halogens is 1. The van der Waals surface area contributed by atoms with Gasteiger partial charge in [0.15, 0.2) is 0 Å². The van der Waals surface area contributed by atoms with Crippen LogP contribution in [0.4, 0.5) is 0 Å². The van der Waals surface area contributed by atoms with Crippen LogP contribution in [-0.2, 0) is 11.2 Å². The molecule has 0 aliphatic carbocycles. The van der Waals surface area contributed by atoms with E-state index >= 15 is 0 Å². The number of carbonyl (C=O) groups is 1. The molecule has 1 N–H and O–H groups in total. The highest BCUT2D eigenvalue weighted by Crippen LogP contribution is 2.30. The molecule has 0 saturated heterocycles. The highest BCUT2D eigenvalue weighted by Gasteiger charge is 2.11. The summed E-state index contributed by atoms with van der Waals surface area (Å²) in [5.41, 5.74) is 1.62. The summed E-state index contributed by atoms with van der Waals surface area (Å²) in [6, 6.07) is 21.7. The van der Waals surface area contributed by atoms with Crippen molar-refractivity contribution in [2.45, 2.75) is 6.42 Å². The molecule has 3 aromatic carbocycles. The summed E-state index contributed by atoms with van der Waals surface area (Å²) < 4.78 is 5.75. The Hall–Kier alpha value is -2.89. The third-order valence-electron chi connectivity index (χ3n) is 4.41. The molecule has 146 valence electrons. The predicted molar refractivity (Wildman–Crippen MR) is 119 cm³/mol. The first-order valence-corrected chi connectivity index (χ1v) is 10.5. The van der Waals surface area contributed by atoms with Crippen molar-refractivity contribution in [3.63, 3.8) is 0 Å². The van der Waals surface area contributed by atoms with Crippen molar-refractivity contribution >= 4 is 39.6 Å². The van der Waals surface area contributed by atoms with Crippen LogP contribution in [0.2, 0.25) is 5.02 Å². The largest absolute Gasteiger partial charge is 0.492 e. The Labute approximate surface area is 178 Å². The van der Waals surface area contributed by atoms with Crippen molar-refractivity contribution in [1.82, 2.24) is 10.3 Å². The number of benzene rings is 3. The maximum Gasteiger partial charge on any atom is 0.226 e. The van der Waals surface area contributed by atoms with Crippen LogP contribution >= 0.6 is 22.9 Å². The summed E-state index contributed by atoms with van der Waals surface area (Å²) in [6.07, 6.45) is 0.233. The molecular weight excluding hydrogens is 404 g/mol. The van der Waals surface area contributed by atoms with Gasteiger partial charge in [0.25, 0.3) is 0 Å². The Balaban J connectivity index is 1.25. The zero-order valence-electron chi connectivity index (χ0n) is 15.6. The van der Waals surface area contributed by atoms with E-state index in [4.69, 9.17) is 16.3 Å². The number of nitrogens with one attached hydrogen (secondary N) is 1. The van der Waals surface area contributed by atoms with Gasteiger partial charge in [0.1, 0.15) is 17.4 Å². The lowest BCUT2D eigenvalue weighted by Crippen LogP contribution is -2.29. The SMILES string of the molecule is O=C(Cc1csc(-c2ccccc2Cl)n1)NCCOc1ccc2ccccc2c1. The first-order valence-electron chi connectivity index (χ1n) is 9.27. The summed E-state index contributed by atoms with van der Waals surface area (Å²) in [7, 11) is 0. The molecule has 0 radical (unpaired) electrons. The second kappa shape index (κ2) is 9.07. The molecule has 0 aliphatic heterocycles. The second-order valence-electron chi connectivity index (χ2n) is 6.51. The molecule has 29 heavy (non-hydrogen) atoms. The van der Waals surface area contributed by atoms with E-state index in [2.05, 4.69) is 22.4 Å². The van der Waals surface area contributed by atoms with E-state index in [1.54, 1.807) is 0 Å². The number of thiazole rings is 1. The highest BCUT2D eigenvalue weighted by atomic mass is 35.5. The summed E-state index contributed by atoms with van der Waals surface area (Å²) in [4.78, 5) is 16.7. The molecular formula is C23H19ClN2O2S. The fourth-order valence-electron chi connectivity index (χ4n) is 2.99. The zero-order chi connectivity index (χ0) is 20.1. The lowest BCUT2D eigenvalue weighted by atomic mass is 10.1. The van der Waals surface area contributed by atoms with E-state index < -0.39 is 0 Å². The molecule has 0 fully saturated rings. The quantitative estimate of drug-likeness (QED) is 0.408. The second-order valence-corrected chi connectivity index (χ2v) is 7.77. The zero-order valence-corrected chi connectivity index (χ0v) is 17.2. The highest BCUT2D eigenvalue weighted by molar-refractivity contribution is 7.13. The number of carbonyl (C=O) groups excluding carboxylic acids is 1. The Morgan fingerprint density at radius 2 is 1.83 bits per heavy atom. The van der Waals surface area contributed by atoms with Gasteiger partial charge in [-0.05, 0) is 29.0 Å². The van der Waals surface area contributed by atoms with E-state index in [9.17, 15) is 4.79 Å². The van der Waals surface area contributed by atoms with Crippen LogP contribution in [0.5, 0.6) is 5.75 Å². The van der Waals surface area contributed by atoms with Crippen LogP contribution in [0.3, 0.4) is 0 Å². The van der Waals surface area contributed by atoms with Gasteiger partial charge in [0.2, 0.25) is 5.91 Å². The summed E-state index contributed by atoms with van der Waals surface area (Å²) in [5.74, 6) is 0.713. The van der Waals surface area contributed by atoms with E-state index in [0.717, 1.165) is 27.4 Å². The molecule has 0 atom stereocenters. The smallest absolute Gasteiger partial charge is 0.226 e. The van der Waals surface area contributed by atoms with E-state index in [1.165, 1.54) is 16.7 Å². The number of nitrogens with zero attached hydrogens (tertiary/aromatic N) is 1. The van der Waals surface area contributed by atoms with Crippen molar-refractivity contribution in [3.8, 4) is 16.3 Å². The van der Waals surface area contributed by atoms with Crippen molar-refractivity contribution in [2.24, 2.45) is 0 Å². The summed E-state index contributed by atoms with van der Waals surface area (Å²) in [5, 5.41) is 8.55. The van der Waals surface area contributed by atoms with E-state index in [-0.39, 0.29) is 12.3 Å². The van der Waals surface area contributed by atoms with Crippen LogP contribution < -0.4 is 10.1 Å². The van der Waals surface area contributed by atoms with Gasteiger partial charge in [0, 0.05) is 10.9 Å². The number of hydrogen-bond donors (Lipinski definition) is 1. The van der Waals surface area contributed by atoms with Crippen molar-refractivity contribution in [3.05, 3.63) is 82.8 Å². The van der Waals surface area contributed by atoms with E-state index in [0.29, 0.717) is 18.2 Å². The number of ether oxygens (including phenoxy) is 1. The Kier molecular flexibility index (Phi) is 6.08. The van der Waals surface area contributed by atoms with Crippen molar-refractivity contribution in [2.75, 3.05) is 13.2 Å². The molecule has 4 aromatic rings. The Bertz CT molecular complexity index is 1140.